The third kappa shape index (κ3) is 2.07. The molecule has 0 spiro atoms. The van der Waals surface area contributed by atoms with Crippen molar-refractivity contribution in [2.24, 2.45) is 12.5 Å². The highest BCUT2D eigenvalue weighted by Crippen LogP contribution is 2.28. The molecule has 0 saturated carbocycles. The molecule has 2 aliphatic rings. The van der Waals surface area contributed by atoms with Crippen LogP contribution in [0.1, 0.15) is 11.9 Å². The molecule has 1 amide bonds. The number of amides is 1. The molecule has 3 rings (SSSR count). The van der Waals surface area contributed by atoms with Crippen LogP contribution in [0.4, 0.5) is 0 Å². The highest BCUT2D eigenvalue weighted by atomic mass is 16.5. The first-order chi connectivity index (χ1) is 9.66. The standard InChI is InChI=1S/C11H18N6O3/c1-16-9(13-14-15-16)8-4-17(2-3-20-8)10(19)11(7-18)5-12-6-11/h8,12,18H,2-7H2,1H3. The normalized spacial score (nSPS) is 25.3. The fraction of sp³-hybridized carbons (Fsp3) is 0.818. The lowest BCUT2D eigenvalue weighted by Crippen LogP contribution is -2.65. The van der Waals surface area contributed by atoms with Crippen LogP contribution in [0.15, 0.2) is 0 Å². The molecule has 0 aromatic carbocycles. The summed E-state index contributed by atoms with van der Waals surface area (Å²) in [7, 11) is 1.74. The first-order valence-corrected chi connectivity index (χ1v) is 6.61. The van der Waals surface area contributed by atoms with E-state index in [9.17, 15) is 9.90 Å². The van der Waals surface area contributed by atoms with Gasteiger partial charge in [-0.3, -0.25) is 4.79 Å². The van der Waals surface area contributed by atoms with Crippen molar-refractivity contribution in [1.82, 2.24) is 30.4 Å². The second kappa shape index (κ2) is 5.08. The zero-order valence-electron chi connectivity index (χ0n) is 11.3. The van der Waals surface area contributed by atoms with E-state index in [4.69, 9.17) is 4.74 Å². The van der Waals surface area contributed by atoms with E-state index in [1.165, 1.54) is 0 Å². The Balaban J connectivity index is 1.72. The number of rotatable bonds is 3. The van der Waals surface area contributed by atoms with Crippen molar-refractivity contribution in [3.8, 4) is 0 Å². The molecule has 1 atom stereocenters. The molecule has 20 heavy (non-hydrogen) atoms. The minimum Gasteiger partial charge on any atom is -0.395 e. The van der Waals surface area contributed by atoms with Gasteiger partial charge in [-0.1, -0.05) is 0 Å². The number of aliphatic hydroxyl groups is 1. The number of nitrogens with one attached hydrogen (secondary N) is 1. The van der Waals surface area contributed by atoms with Crippen molar-refractivity contribution >= 4 is 5.91 Å². The van der Waals surface area contributed by atoms with Gasteiger partial charge < -0.3 is 20.1 Å². The van der Waals surface area contributed by atoms with Gasteiger partial charge in [0.25, 0.3) is 0 Å². The lowest BCUT2D eigenvalue weighted by Gasteiger charge is -2.44. The highest BCUT2D eigenvalue weighted by molar-refractivity contribution is 5.84. The molecule has 2 N–H and O–H groups in total. The van der Waals surface area contributed by atoms with E-state index in [1.807, 2.05) is 0 Å². The molecule has 1 aromatic heterocycles. The fourth-order valence-corrected chi connectivity index (χ4v) is 2.59. The molecular formula is C11H18N6O3. The Morgan fingerprint density at radius 3 is 2.95 bits per heavy atom. The molecule has 0 aliphatic carbocycles. The number of morpholine rings is 1. The molecule has 2 aliphatic heterocycles. The van der Waals surface area contributed by atoms with E-state index >= 15 is 0 Å². The second-order valence-corrected chi connectivity index (χ2v) is 5.31. The van der Waals surface area contributed by atoms with Crippen molar-refractivity contribution < 1.29 is 14.6 Å². The third-order valence-electron chi connectivity index (χ3n) is 3.98. The number of hydrogen-bond donors (Lipinski definition) is 2. The van der Waals surface area contributed by atoms with Crippen molar-refractivity contribution in [2.75, 3.05) is 39.4 Å². The maximum Gasteiger partial charge on any atom is 0.233 e. The Kier molecular flexibility index (Phi) is 3.40. The van der Waals surface area contributed by atoms with Gasteiger partial charge in [0.2, 0.25) is 5.91 Å². The van der Waals surface area contributed by atoms with E-state index in [0.29, 0.717) is 38.6 Å². The topological polar surface area (TPSA) is 105 Å². The Bertz CT molecular complexity index is 495. The number of hydrogen-bond acceptors (Lipinski definition) is 7. The van der Waals surface area contributed by atoms with Crippen LogP contribution in [-0.4, -0.2) is 75.5 Å². The maximum absolute atomic E-state index is 12.5. The highest BCUT2D eigenvalue weighted by Gasteiger charge is 2.47. The van der Waals surface area contributed by atoms with Crippen LogP contribution in [0, 0.1) is 5.41 Å². The zero-order chi connectivity index (χ0) is 14.2. The largest absolute Gasteiger partial charge is 0.395 e. The molecule has 9 heteroatoms. The van der Waals surface area contributed by atoms with Gasteiger partial charge in [-0.05, 0) is 10.4 Å². The van der Waals surface area contributed by atoms with Crippen LogP contribution in [0.3, 0.4) is 0 Å². The Hall–Kier alpha value is -1.58. The molecular weight excluding hydrogens is 264 g/mol. The van der Waals surface area contributed by atoms with Gasteiger partial charge in [-0.25, -0.2) is 4.68 Å². The van der Waals surface area contributed by atoms with Crippen LogP contribution >= 0.6 is 0 Å². The second-order valence-electron chi connectivity index (χ2n) is 5.31. The first kappa shape index (κ1) is 13.4. The molecule has 0 bridgehead atoms. The number of tetrazole rings is 1. The predicted octanol–water partition coefficient (Wildman–Crippen LogP) is -2.31. The van der Waals surface area contributed by atoms with Crippen LogP contribution in [0.5, 0.6) is 0 Å². The molecule has 1 aromatic rings. The van der Waals surface area contributed by atoms with Gasteiger partial charge in [0.1, 0.15) is 6.10 Å². The number of carbonyl (C=O) groups is 1. The maximum atomic E-state index is 12.5. The Labute approximate surface area is 115 Å². The SMILES string of the molecule is Cn1nnnc1C1CN(C(=O)C2(CO)CNC2)CCO1. The van der Waals surface area contributed by atoms with Crippen molar-refractivity contribution in [2.45, 2.75) is 6.10 Å². The van der Waals surface area contributed by atoms with E-state index in [1.54, 1.807) is 16.6 Å². The molecule has 9 nitrogen and oxygen atoms in total. The summed E-state index contributed by atoms with van der Waals surface area (Å²) < 4.78 is 7.19. The number of ether oxygens (including phenoxy) is 1. The van der Waals surface area contributed by atoms with Crippen LogP contribution in [0.25, 0.3) is 0 Å². The minimum absolute atomic E-state index is 0.0258. The van der Waals surface area contributed by atoms with Gasteiger partial charge in [-0.15, -0.1) is 5.10 Å². The third-order valence-corrected chi connectivity index (χ3v) is 3.98. The summed E-state index contributed by atoms with van der Waals surface area (Å²) in [5.74, 6) is 0.578. The van der Waals surface area contributed by atoms with Gasteiger partial charge in [0.15, 0.2) is 5.82 Å². The zero-order valence-corrected chi connectivity index (χ0v) is 11.3. The molecule has 3 heterocycles. The summed E-state index contributed by atoms with van der Waals surface area (Å²) in [5.41, 5.74) is -0.667. The molecule has 0 radical (unpaired) electrons. The van der Waals surface area contributed by atoms with E-state index in [-0.39, 0.29) is 18.6 Å². The molecule has 2 saturated heterocycles. The predicted molar refractivity (Wildman–Crippen MR) is 66.5 cm³/mol. The molecule has 1 unspecified atom stereocenters. The van der Waals surface area contributed by atoms with Gasteiger partial charge >= 0.3 is 0 Å². The van der Waals surface area contributed by atoms with Gasteiger partial charge in [-0.2, -0.15) is 0 Å². The van der Waals surface area contributed by atoms with Crippen molar-refractivity contribution in [1.29, 1.82) is 0 Å². The molecule has 2 fully saturated rings. The number of aliphatic hydroxyl groups excluding tert-OH is 1. The summed E-state index contributed by atoms with van der Waals surface area (Å²) >= 11 is 0. The van der Waals surface area contributed by atoms with Crippen LogP contribution < -0.4 is 5.32 Å². The first-order valence-electron chi connectivity index (χ1n) is 6.61. The number of nitrogens with zero attached hydrogens (tertiary/aromatic N) is 5. The van der Waals surface area contributed by atoms with Crippen LogP contribution in [-0.2, 0) is 16.6 Å². The Morgan fingerprint density at radius 1 is 1.60 bits per heavy atom. The van der Waals surface area contributed by atoms with E-state index in [0.717, 1.165) is 0 Å². The summed E-state index contributed by atoms with van der Waals surface area (Å²) in [5, 5.41) is 23.8. The average molecular weight is 282 g/mol. The lowest BCUT2D eigenvalue weighted by atomic mass is 9.81. The fourth-order valence-electron chi connectivity index (χ4n) is 2.59. The minimum atomic E-state index is -0.667. The van der Waals surface area contributed by atoms with E-state index < -0.39 is 5.41 Å². The van der Waals surface area contributed by atoms with Gasteiger partial charge in [0.05, 0.1) is 25.2 Å². The summed E-state index contributed by atoms with van der Waals surface area (Å²) in [6.07, 6.45) is -0.323. The summed E-state index contributed by atoms with van der Waals surface area (Å²) in [4.78, 5) is 14.3. The Morgan fingerprint density at radius 2 is 2.40 bits per heavy atom. The van der Waals surface area contributed by atoms with Gasteiger partial charge in [0, 0.05) is 26.7 Å². The summed E-state index contributed by atoms with van der Waals surface area (Å²) in [6.45, 7) is 2.30. The number of carbonyl (C=O) groups excluding carboxylic acids is 1. The van der Waals surface area contributed by atoms with Crippen molar-refractivity contribution in [3.63, 3.8) is 0 Å². The average Bonchev–Trinajstić information content (AvgIpc) is 2.84. The van der Waals surface area contributed by atoms with E-state index in [2.05, 4.69) is 20.8 Å². The summed E-state index contributed by atoms with van der Waals surface area (Å²) in [6, 6.07) is 0. The lowest BCUT2D eigenvalue weighted by molar-refractivity contribution is -0.156. The van der Waals surface area contributed by atoms with Crippen LogP contribution in [0.2, 0.25) is 0 Å². The molecule has 110 valence electrons. The van der Waals surface area contributed by atoms with Crippen molar-refractivity contribution in [3.05, 3.63) is 5.82 Å². The number of aryl methyl sites for hydroxylation is 1. The smallest absolute Gasteiger partial charge is 0.233 e. The quantitative estimate of drug-likeness (QED) is 0.642. The monoisotopic (exact) mass is 282 g/mol. The number of aromatic nitrogens is 4.